The minimum Gasteiger partial charge on any atom is -0.355 e. The molecule has 0 aliphatic carbocycles. The first-order valence-electron chi connectivity index (χ1n) is 9.32. The summed E-state index contributed by atoms with van der Waals surface area (Å²) in [4.78, 5) is 16.0. The third-order valence-electron chi connectivity index (χ3n) is 4.47. The second-order valence-electron chi connectivity index (χ2n) is 6.70. The Hall–Kier alpha value is -3.19. The van der Waals surface area contributed by atoms with Crippen molar-refractivity contribution in [3.05, 3.63) is 94.2 Å². The number of aromatic amines is 2. The molecule has 6 heteroatoms. The summed E-state index contributed by atoms with van der Waals surface area (Å²) in [6.07, 6.45) is 8.09. The molecule has 0 saturated carbocycles. The van der Waals surface area contributed by atoms with Crippen molar-refractivity contribution in [3.8, 4) is 0 Å². The van der Waals surface area contributed by atoms with E-state index in [4.69, 9.17) is 0 Å². The second-order valence-corrected chi connectivity index (χ2v) is 7.51. The number of H-pyrrole nitrogens is 2. The molecule has 8 bridgehead atoms. The van der Waals surface area contributed by atoms with Crippen molar-refractivity contribution < 1.29 is 16.8 Å². The molecule has 0 aromatic carbocycles. The molecule has 2 aliphatic rings. The molecule has 2 N–H and O–H groups in total. The predicted molar refractivity (Wildman–Crippen MR) is 123 cm³/mol. The van der Waals surface area contributed by atoms with Crippen LogP contribution in [0.1, 0.15) is 22.8 Å². The van der Waals surface area contributed by atoms with Gasteiger partial charge in [0.15, 0.2) is 0 Å². The molecule has 6 rings (SSSR count). The van der Waals surface area contributed by atoms with Crippen molar-refractivity contribution >= 4 is 57.7 Å². The van der Waals surface area contributed by atoms with E-state index < -0.39 is 0 Å². The maximum absolute atomic E-state index is 4.63. The van der Waals surface area contributed by atoms with Crippen molar-refractivity contribution in [2.24, 2.45) is 0 Å². The van der Waals surface area contributed by atoms with E-state index in [-0.39, 0.29) is 16.8 Å². The van der Waals surface area contributed by atoms with Gasteiger partial charge in [-0.15, -0.1) is 0 Å². The number of aromatic nitrogens is 4. The molecule has 0 saturated heterocycles. The van der Waals surface area contributed by atoms with Gasteiger partial charge in [-0.1, -0.05) is 12.1 Å². The Bertz CT molecular complexity index is 1170. The summed E-state index contributed by atoms with van der Waals surface area (Å²) in [7, 11) is 0. The number of thiophene rings is 1. The van der Waals surface area contributed by atoms with Gasteiger partial charge in [-0.25, -0.2) is 9.97 Å². The van der Waals surface area contributed by atoms with Crippen LogP contribution in [0, 0.1) is 0 Å². The fraction of sp³-hybridized carbons (Fsp3) is 0. The van der Waals surface area contributed by atoms with Gasteiger partial charge in [-0.05, 0) is 83.6 Å². The number of nitrogens with zero attached hydrogens (tertiary/aromatic N) is 2. The molecular formula is C24H18CoN4S. The molecule has 4 nitrogen and oxygen atoms in total. The van der Waals surface area contributed by atoms with E-state index in [1.54, 1.807) is 11.3 Å². The third kappa shape index (κ3) is 4.86. The van der Waals surface area contributed by atoms with E-state index in [0.29, 0.717) is 0 Å². The van der Waals surface area contributed by atoms with E-state index >= 15 is 0 Å². The van der Waals surface area contributed by atoms with Crippen molar-refractivity contribution in [2.45, 2.75) is 0 Å². The smallest absolute Gasteiger partial charge is 0.0658 e. The third-order valence-corrected chi connectivity index (χ3v) is 5.10. The van der Waals surface area contributed by atoms with E-state index in [2.05, 4.69) is 44.2 Å². The minimum atomic E-state index is 0. The van der Waals surface area contributed by atoms with E-state index in [1.165, 1.54) is 0 Å². The Morgan fingerprint density at radius 1 is 0.533 bits per heavy atom. The summed E-state index contributed by atoms with van der Waals surface area (Å²) < 4.78 is 0. The number of fused-ring (bicyclic) bond motifs is 8. The summed E-state index contributed by atoms with van der Waals surface area (Å²) in [6, 6.07) is 20.4. The van der Waals surface area contributed by atoms with E-state index in [1.807, 2.05) is 71.5 Å². The van der Waals surface area contributed by atoms with Gasteiger partial charge in [0, 0.05) is 38.8 Å². The minimum absolute atomic E-state index is 0. The molecule has 0 unspecified atom stereocenters. The maximum Gasteiger partial charge on any atom is 0.0658 e. The molecule has 0 atom stereocenters. The molecule has 0 amide bonds. The van der Waals surface area contributed by atoms with Gasteiger partial charge in [0.1, 0.15) is 0 Å². The number of hydrogen-bond acceptors (Lipinski definition) is 3. The summed E-state index contributed by atoms with van der Waals surface area (Å²) in [5.74, 6) is 0. The van der Waals surface area contributed by atoms with Crippen LogP contribution in [-0.4, -0.2) is 19.9 Å². The van der Waals surface area contributed by atoms with Crippen LogP contribution in [0.3, 0.4) is 0 Å². The zero-order chi connectivity index (χ0) is 19.5. The largest absolute Gasteiger partial charge is 0.355 e. The summed E-state index contributed by atoms with van der Waals surface area (Å²) in [6.45, 7) is 0. The topological polar surface area (TPSA) is 57.4 Å². The second kappa shape index (κ2) is 9.09. The SMILES string of the molecule is C1=Cc2cc3ccc(cc4nc(cc5ccc(cc1n2)[nH]5)C=C4)[nH]3.[Co].c1ccsc1. The number of rotatable bonds is 0. The average Bonchev–Trinajstić information content (AvgIpc) is 3.50. The quantitative estimate of drug-likeness (QED) is 0.280. The van der Waals surface area contributed by atoms with Crippen LogP contribution < -0.4 is 0 Å². The monoisotopic (exact) mass is 453 g/mol. The maximum atomic E-state index is 4.63. The van der Waals surface area contributed by atoms with Gasteiger partial charge in [0.25, 0.3) is 0 Å². The Morgan fingerprint density at radius 2 is 0.867 bits per heavy atom. The molecular weight excluding hydrogens is 435 g/mol. The number of hydrogen-bond donors (Lipinski definition) is 2. The Balaban J connectivity index is 0.000000321. The first-order chi connectivity index (χ1) is 14.3. The zero-order valence-electron chi connectivity index (χ0n) is 15.9. The molecule has 0 spiro atoms. The molecule has 2 aliphatic heterocycles. The fourth-order valence-corrected chi connectivity index (χ4v) is 3.62. The Kier molecular flexibility index (Phi) is 6.09. The van der Waals surface area contributed by atoms with Crippen LogP contribution in [0.25, 0.3) is 46.4 Å². The van der Waals surface area contributed by atoms with Crippen molar-refractivity contribution in [2.75, 3.05) is 0 Å². The van der Waals surface area contributed by atoms with Crippen molar-refractivity contribution in [1.29, 1.82) is 0 Å². The van der Waals surface area contributed by atoms with Crippen LogP contribution in [-0.2, 0) is 16.8 Å². The standard InChI is InChI=1S/C20H14N4.C4H4S.Co/c1-2-14-10-16-5-6-18(23-16)12-20-8-7-19(24-20)11-17-4-3-15(22-17)9-13(1)21-14;1-2-4-5-3-1;/h1-12,21,24H;1-4H;. The van der Waals surface area contributed by atoms with Crippen LogP contribution >= 0.6 is 11.3 Å². The van der Waals surface area contributed by atoms with Crippen LogP contribution in [0.15, 0.2) is 71.4 Å². The molecule has 4 aromatic rings. The van der Waals surface area contributed by atoms with E-state index in [0.717, 1.165) is 44.8 Å². The van der Waals surface area contributed by atoms with Gasteiger partial charge in [-0.3, -0.25) is 0 Å². The first-order valence-corrected chi connectivity index (χ1v) is 10.3. The van der Waals surface area contributed by atoms with Crippen molar-refractivity contribution in [1.82, 2.24) is 19.9 Å². The number of nitrogens with one attached hydrogen (secondary N) is 2. The summed E-state index contributed by atoms with van der Waals surface area (Å²) in [5, 5.41) is 4.08. The molecule has 149 valence electrons. The van der Waals surface area contributed by atoms with E-state index in [9.17, 15) is 0 Å². The summed E-state index contributed by atoms with van der Waals surface area (Å²) >= 11 is 1.71. The molecule has 4 aromatic heterocycles. The first kappa shape index (κ1) is 20.1. The Labute approximate surface area is 188 Å². The predicted octanol–water partition coefficient (Wildman–Crippen LogP) is 6.40. The van der Waals surface area contributed by atoms with Gasteiger partial charge >= 0.3 is 0 Å². The molecule has 30 heavy (non-hydrogen) atoms. The Morgan fingerprint density at radius 3 is 1.13 bits per heavy atom. The van der Waals surface area contributed by atoms with Gasteiger partial charge in [0.05, 0.1) is 22.8 Å². The van der Waals surface area contributed by atoms with Gasteiger partial charge < -0.3 is 9.97 Å². The van der Waals surface area contributed by atoms with Crippen LogP contribution in [0.5, 0.6) is 0 Å². The van der Waals surface area contributed by atoms with Gasteiger partial charge in [-0.2, -0.15) is 11.3 Å². The molecule has 6 heterocycles. The van der Waals surface area contributed by atoms with Gasteiger partial charge in [0.2, 0.25) is 0 Å². The van der Waals surface area contributed by atoms with Crippen LogP contribution in [0.2, 0.25) is 0 Å². The zero-order valence-corrected chi connectivity index (χ0v) is 17.7. The molecule has 1 radical (unpaired) electrons. The van der Waals surface area contributed by atoms with Crippen LogP contribution in [0.4, 0.5) is 0 Å². The van der Waals surface area contributed by atoms with Crippen molar-refractivity contribution in [3.63, 3.8) is 0 Å². The normalized spacial score (nSPS) is 11.5. The molecule has 0 fully saturated rings. The summed E-state index contributed by atoms with van der Waals surface area (Å²) in [5.41, 5.74) is 7.86. The average molecular weight is 453 g/mol. The fourth-order valence-electron chi connectivity index (χ4n) is 3.17.